The smallest absolute Gasteiger partial charge is 0.417 e. The summed E-state index contributed by atoms with van der Waals surface area (Å²) in [5, 5.41) is 17.4. The molecule has 0 aliphatic heterocycles. The van der Waals surface area contributed by atoms with Gasteiger partial charge in [0, 0.05) is 30.5 Å². The quantitative estimate of drug-likeness (QED) is 0.603. The summed E-state index contributed by atoms with van der Waals surface area (Å²) in [6.07, 6.45) is 1.77. The maximum Gasteiger partial charge on any atom is 0.417 e. The number of amides is 1. The van der Waals surface area contributed by atoms with Crippen molar-refractivity contribution in [1.29, 1.82) is 0 Å². The number of pyridine rings is 1. The van der Waals surface area contributed by atoms with Gasteiger partial charge >= 0.3 is 6.18 Å². The molecule has 10 heteroatoms. The van der Waals surface area contributed by atoms with E-state index < -0.39 is 17.6 Å². The number of halogens is 3. The van der Waals surface area contributed by atoms with Crippen molar-refractivity contribution in [3.8, 4) is 5.75 Å². The normalized spacial score (nSPS) is 19.2. The summed E-state index contributed by atoms with van der Waals surface area (Å²) in [5.41, 5.74) is 0.0111. The molecular formula is C22H23F3N4O3. The van der Waals surface area contributed by atoms with Crippen LogP contribution in [-0.2, 0) is 6.18 Å². The standard InChI is InChI=1S/C22H23F3N4O3/c1-32-20-9-18-14(11-29(28-18)16-5-2-13(12-30)3-6-16)8-19(20)27-21(31)17-7-4-15(10-26-17)22(23,24)25/h4,7-11,13,16,30H,2-3,5-6,12H2,1H3,(H,27,31). The highest BCUT2D eigenvalue weighted by atomic mass is 19.4. The molecule has 1 aromatic carbocycles. The topological polar surface area (TPSA) is 89.3 Å². The average molecular weight is 448 g/mol. The van der Waals surface area contributed by atoms with Gasteiger partial charge in [0.05, 0.1) is 29.9 Å². The molecule has 0 radical (unpaired) electrons. The van der Waals surface area contributed by atoms with Gasteiger partial charge in [-0.25, -0.2) is 0 Å². The van der Waals surface area contributed by atoms with Crippen LogP contribution >= 0.6 is 0 Å². The minimum absolute atomic E-state index is 0.142. The number of rotatable bonds is 5. The first kappa shape index (κ1) is 22.1. The molecule has 0 unspecified atom stereocenters. The van der Waals surface area contributed by atoms with Crippen LogP contribution in [0, 0.1) is 5.92 Å². The molecule has 0 bridgehead atoms. The Bertz CT molecular complexity index is 1100. The summed E-state index contributed by atoms with van der Waals surface area (Å²) in [7, 11) is 1.46. The van der Waals surface area contributed by atoms with Crippen molar-refractivity contribution >= 4 is 22.5 Å². The number of carbonyl (C=O) groups is 1. The minimum Gasteiger partial charge on any atom is -0.494 e. The van der Waals surface area contributed by atoms with Gasteiger partial charge in [0.1, 0.15) is 11.4 Å². The van der Waals surface area contributed by atoms with E-state index in [-0.39, 0.29) is 18.3 Å². The van der Waals surface area contributed by atoms with Gasteiger partial charge in [-0.15, -0.1) is 0 Å². The van der Waals surface area contributed by atoms with Gasteiger partial charge in [0.25, 0.3) is 5.91 Å². The maximum atomic E-state index is 12.7. The molecule has 1 fully saturated rings. The van der Waals surface area contributed by atoms with Crippen LogP contribution in [0.2, 0.25) is 0 Å². The molecule has 0 saturated heterocycles. The van der Waals surface area contributed by atoms with Crippen molar-refractivity contribution in [2.45, 2.75) is 37.9 Å². The largest absolute Gasteiger partial charge is 0.494 e. The van der Waals surface area contributed by atoms with Crippen LogP contribution in [0.25, 0.3) is 10.9 Å². The number of hydrogen-bond donors (Lipinski definition) is 2. The van der Waals surface area contributed by atoms with Crippen molar-refractivity contribution in [2.75, 3.05) is 19.0 Å². The molecule has 1 aliphatic rings. The summed E-state index contributed by atoms with van der Waals surface area (Å²) in [4.78, 5) is 16.2. The number of fused-ring (bicyclic) bond motifs is 1. The maximum absolute atomic E-state index is 12.7. The van der Waals surface area contributed by atoms with Crippen LogP contribution in [0.15, 0.2) is 36.7 Å². The third-order valence-electron chi connectivity index (χ3n) is 5.86. The first-order chi connectivity index (χ1) is 15.3. The number of nitrogens with one attached hydrogen (secondary N) is 1. The fourth-order valence-electron chi connectivity index (χ4n) is 4.00. The van der Waals surface area contributed by atoms with E-state index in [0.29, 0.717) is 29.1 Å². The lowest BCUT2D eigenvalue weighted by atomic mass is 9.87. The van der Waals surface area contributed by atoms with Gasteiger partial charge in [-0.2, -0.15) is 18.3 Å². The number of ether oxygens (including phenoxy) is 1. The van der Waals surface area contributed by atoms with E-state index in [1.54, 1.807) is 12.1 Å². The zero-order chi connectivity index (χ0) is 22.9. The van der Waals surface area contributed by atoms with E-state index in [9.17, 15) is 23.1 Å². The molecule has 2 heterocycles. The molecule has 1 amide bonds. The van der Waals surface area contributed by atoms with Gasteiger partial charge < -0.3 is 15.2 Å². The van der Waals surface area contributed by atoms with Gasteiger partial charge in [-0.1, -0.05) is 0 Å². The highest BCUT2D eigenvalue weighted by Gasteiger charge is 2.31. The molecule has 32 heavy (non-hydrogen) atoms. The molecule has 7 nitrogen and oxygen atoms in total. The predicted octanol–water partition coefficient (Wildman–Crippen LogP) is 4.43. The van der Waals surface area contributed by atoms with E-state index in [4.69, 9.17) is 4.74 Å². The van der Waals surface area contributed by atoms with Crippen LogP contribution in [-0.4, -0.2) is 39.5 Å². The van der Waals surface area contributed by atoms with Crippen LogP contribution in [0.5, 0.6) is 5.75 Å². The lowest BCUT2D eigenvalue weighted by molar-refractivity contribution is -0.137. The van der Waals surface area contributed by atoms with Crippen LogP contribution in [0.3, 0.4) is 0 Å². The van der Waals surface area contributed by atoms with Crippen molar-refractivity contribution in [3.63, 3.8) is 0 Å². The molecule has 170 valence electrons. The average Bonchev–Trinajstić information content (AvgIpc) is 3.21. The highest BCUT2D eigenvalue weighted by Crippen LogP contribution is 2.35. The van der Waals surface area contributed by atoms with Crippen LogP contribution in [0.4, 0.5) is 18.9 Å². The fraction of sp³-hybridized carbons (Fsp3) is 0.409. The Labute approximate surface area is 182 Å². The fourth-order valence-corrected chi connectivity index (χ4v) is 4.00. The number of hydrogen-bond acceptors (Lipinski definition) is 5. The Morgan fingerprint density at radius 1 is 1.25 bits per heavy atom. The van der Waals surface area contributed by atoms with E-state index >= 15 is 0 Å². The second-order valence-corrected chi connectivity index (χ2v) is 7.96. The number of methoxy groups -OCH3 is 1. The predicted molar refractivity (Wildman–Crippen MR) is 112 cm³/mol. The molecular weight excluding hydrogens is 425 g/mol. The second-order valence-electron chi connectivity index (χ2n) is 7.96. The number of aromatic nitrogens is 3. The number of anilines is 1. The van der Waals surface area contributed by atoms with E-state index in [1.165, 1.54) is 7.11 Å². The van der Waals surface area contributed by atoms with Crippen molar-refractivity contribution < 1.29 is 27.8 Å². The van der Waals surface area contributed by atoms with E-state index in [2.05, 4.69) is 15.4 Å². The molecule has 3 aromatic rings. The number of aliphatic hydroxyl groups is 1. The van der Waals surface area contributed by atoms with Gasteiger partial charge in [0.2, 0.25) is 0 Å². The number of aliphatic hydroxyl groups excluding tert-OH is 1. The Balaban J connectivity index is 1.55. The Kier molecular flexibility index (Phi) is 6.05. The Hall–Kier alpha value is -3.14. The SMILES string of the molecule is COc1cc2nn(C3CCC(CO)CC3)cc2cc1NC(=O)c1ccc(C(F)(F)F)cn1. The van der Waals surface area contributed by atoms with Crippen molar-refractivity contribution in [3.05, 3.63) is 47.9 Å². The molecule has 0 atom stereocenters. The van der Waals surface area contributed by atoms with Gasteiger partial charge in [0.15, 0.2) is 0 Å². The summed E-state index contributed by atoms with van der Waals surface area (Å²) in [5.74, 6) is 0.0787. The minimum atomic E-state index is -4.52. The number of nitrogens with zero attached hydrogens (tertiary/aromatic N) is 3. The summed E-state index contributed by atoms with van der Waals surface area (Å²) < 4.78 is 45.4. The third-order valence-corrected chi connectivity index (χ3v) is 5.86. The first-order valence-electron chi connectivity index (χ1n) is 10.3. The summed E-state index contributed by atoms with van der Waals surface area (Å²) in [6.45, 7) is 0.210. The van der Waals surface area contributed by atoms with Gasteiger partial charge in [-0.05, 0) is 49.8 Å². The summed E-state index contributed by atoms with van der Waals surface area (Å²) >= 11 is 0. The number of benzene rings is 1. The van der Waals surface area contributed by atoms with E-state index in [1.807, 2.05) is 10.9 Å². The molecule has 1 aliphatic carbocycles. The van der Waals surface area contributed by atoms with Crippen molar-refractivity contribution in [1.82, 2.24) is 14.8 Å². The second kappa shape index (κ2) is 8.78. The number of carbonyl (C=O) groups excluding carboxylic acids is 1. The van der Waals surface area contributed by atoms with Crippen LogP contribution in [0.1, 0.15) is 47.8 Å². The summed E-state index contributed by atoms with van der Waals surface area (Å²) in [6, 6.07) is 5.52. The molecule has 2 aromatic heterocycles. The highest BCUT2D eigenvalue weighted by molar-refractivity contribution is 6.05. The van der Waals surface area contributed by atoms with Gasteiger partial charge in [-0.3, -0.25) is 14.5 Å². The lowest BCUT2D eigenvalue weighted by Gasteiger charge is -2.27. The van der Waals surface area contributed by atoms with E-state index in [0.717, 1.165) is 43.2 Å². The first-order valence-corrected chi connectivity index (χ1v) is 10.3. The van der Waals surface area contributed by atoms with Crippen molar-refractivity contribution in [2.24, 2.45) is 5.92 Å². The Morgan fingerprint density at radius 3 is 2.59 bits per heavy atom. The van der Waals surface area contributed by atoms with Crippen LogP contribution < -0.4 is 10.1 Å². The monoisotopic (exact) mass is 448 g/mol. The number of alkyl halides is 3. The molecule has 0 spiro atoms. The molecule has 2 N–H and O–H groups in total. The zero-order valence-electron chi connectivity index (χ0n) is 17.4. The molecule has 1 saturated carbocycles. The molecule has 4 rings (SSSR count). The lowest BCUT2D eigenvalue weighted by Crippen LogP contribution is -2.20. The zero-order valence-corrected chi connectivity index (χ0v) is 17.4. The Morgan fingerprint density at radius 2 is 2.00 bits per heavy atom. The third kappa shape index (κ3) is 4.55.